The molecule has 162 valence electrons. The van der Waals surface area contributed by atoms with Crippen LogP contribution in [0.2, 0.25) is 0 Å². The van der Waals surface area contributed by atoms with Crippen LogP contribution in [0.4, 0.5) is 0 Å². The maximum Gasteiger partial charge on any atom is 0.325 e. The average Bonchev–Trinajstić information content (AvgIpc) is 3.27. The van der Waals surface area contributed by atoms with Gasteiger partial charge in [-0.1, -0.05) is 12.8 Å². The highest BCUT2D eigenvalue weighted by molar-refractivity contribution is 7.92. The van der Waals surface area contributed by atoms with Crippen molar-refractivity contribution >= 4 is 21.7 Å². The van der Waals surface area contributed by atoms with E-state index in [1.807, 2.05) is 0 Å². The molecular weight excluding hydrogens is 398 g/mol. The van der Waals surface area contributed by atoms with Gasteiger partial charge in [0.2, 0.25) is 5.91 Å². The summed E-state index contributed by atoms with van der Waals surface area (Å²) in [7, 11) is 0.955. The van der Waals surface area contributed by atoms with Crippen molar-refractivity contribution in [1.82, 2.24) is 4.90 Å². The normalized spacial score (nSPS) is 14.4. The lowest BCUT2D eigenvalue weighted by Crippen LogP contribution is -2.37. The van der Waals surface area contributed by atoms with Crippen LogP contribution in [0, 0.1) is 0 Å². The van der Waals surface area contributed by atoms with E-state index in [2.05, 4.69) is 4.74 Å². The van der Waals surface area contributed by atoms with Gasteiger partial charge in [0.1, 0.15) is 18.0 Å². The molecule has 0 aromatic heterocycles. The fraction of sp³-hybridized carbons (Fsp3) is 0.600. The van der Waals surface area contributed by atoms with E-state index in [1.54, 1.807) is 18.2 Å². The Kier molecular flexibility index (Phi) is 8.31. The second-order valence-electron chi connectivity index (χ2n) is 7.07. The first kappa shape index (κ1) is 23.0. The zero-order valence-electron chi connectivity index (χ0n) is 17.2. The maximum atomic E-state index is 12.8. The van der Waals surface area contributed by atoms with Gasteiger partial charge in [-0.15, -0.1) is 0 Å². The summed E-state index contributed by atoms with van der Waals surface area (Å²) in [6.07, 6.45) is 2.96. The third kappa shape index (κ3) is 6.62. The third-order valence-corrected chi connectivity index (χ3v) is 7.36. The van der Waals surface area contributed by atoms with E-state index in [1.165, 1.54) is 26.2 Å². The molecule has 0 heterocycles. The zero-order chi connectivity index (χ0) is 21.4. The van der Waals surface area contributed by atoms with E-state index in [0.717, 1.165) is 12.8 Å². The molecule has 0 bridgehead atoms. The van der Waals surface area contributed by atoms with Gasteiger partial charge in [0.05, 0.1) is 32.3 Å². The number of benzene rings is 1. The number of hydrogen-bond acceptors (Lipinski definition) is 7. The fourth-order valence-corrected chi connectivity index (χ4v) is 5.28. The molecule has 1 aromatic carbocycles. The first-order chi connectivity index (χ1) is 13.8. The summed E-state index contributed by atoms with van der Waals surface area (Å²) in [6.45, 7) is -0.163. The number of nitrogens with zero attached hydrogens (tertiary/aromatic N) is 1. The van der Waals surface area contributed by atoms with Crippen LogP contribution in [0.1, 0.15) is 37.7 Å². The number of amides is 1. The summed E-state index contributed by atoms with van der Waals surface area (Å²) in [6, 6.07) is 5.16. The summed E-state index contributed by atoms with van der Waals surface area (Å²) in [5, 5.41) is -0.355. The lowest BCUT2D eigenvalue weighted by atomic mass is 10.1. The number of hydrogen-bond donors (Lipinski definition) is 0. The molecule has 0 spiro atoms. The maximum absolute atomic E-state index is 12.8. The second kappa shape index (κ2) is 10.5. The Morgan fingerprint density at radius 1 is 1.03 bits per heavy atom. The van der Waals surface area contributed by atoms with Crippen LogP contribution in [-0.4, -0.2) is 64.1 Å². The molecule has 1 amide bonds. The average molecular weight is 428 g/mol. The van der Waals surface area contributed by atoms with Gasteiger partial charge < -0.3 is 19.1 Å². The Balaban J connectivity index is 2.12. The highest BCUT2D eigenvalue weighted by atomic mass is 32.2. The van der Waals surface area contributed by atoms with Crippen molar-refractivity contribution in [3.63, 3.8) is 0 Å². The SMILES string of the molecule is COC(=O)CN(Cc1cc(OC)cc(OC)c1)C(=O)CCS(=O)(=O)C1CCCC1. The Morgan fingerprint density at radius 2 is 1.62 bits per heavy atom. The Morgan fingerprint density at radius 3 is 2.14 bits per heavy atom. The molecular formula is C20H29NO7S. The molecule has 0 aliphatic heterocycles. The van der Waals surface area contributed by atoms with Crippen LogP contribution in [-0.2, 0) is 30.7 Å². The Labute approximate surface area is 172 Å². The van der Waals surface area contributed by atoms with E-state index in [-0.39, 0.29) is 30.5 Å². The predicted molar refractivity (Wildman–Crippen MR) is 108 cm³/mol. The highest BCUT2D eigenvalue weighted by Crippen LogP contribution is 2.26. The third-order valence-electron chi connectivity index (χ3n) is 5.10. The first-order valence-electron chi connectivity index (χ1n) is 9.57. The van der Waals surface area contributed by atoms with E-state index in [9.17, 15) is 18.0 Å². The quantitative estimate of drug-likeness (QED) is 0.526. The van der Waals surface area contributed by atoms with Crippen LogP contribution in [0.3, 0.4) is 0 Å². The summed E-state index contributed by atoms with van der Waals surface area (Å²) in [5.74, 6) is -0.108. The van der Waals surface area contributed by atoms with Crippen LogP contribution in [0.5, 0.6) is 11.5 Å². The van der Waals surface area contributed by atoms with E-state index >= 15 is 0 Å². The van der Waals surface area contributed by atoms with Gasteiger partial charge in [-0.25, -0.2) is 8.42 Å². The minimum atomic E-state index is -3.32. The van der Waals surface area contributed by atoms with Crippen molar-refractivity contribution in [3.8, 4) is 11.5 Å². The molecule has 2 rings (SSSR count). The van der Waals surface area contributed by atoms with Crippen molar-refractivity contribution < 1.29 is 32.2 Å². The molecule has 1 saturated carbocycles. The van der Waals surface area contributed by atoms with E-state index in [0.29, 0.717) is 29.9 Å². The molecule has 1 aliphatic rings. The van der Waals surface area contributed by atoms with Gasteiger partial charge in [0.15, 0.2) is 9.84 Å². The minimum Gasteiger partial charge on any atom is -0.497 e. The summed E-state index contributed by atoms with van der Waals surface area (Å²) >= 11 is 0. The van der Waals surface area contributed by atoms with Crippen molar-refractivity contribution in [2.75, 3.05) is 33.6 Å². The molecule has 0 unspecified atom stereocenters. The minimum absolute atomic E-state index is 0.102. The van der Waals surface area contributed by atoms with Gasteiger partial charge in [0.25, 0.3) is 0 Å². The van der Waals surface area contributed by atoms with Crippen LogP contribution >= 0.6 is 0 Å². The van der Waals surface area contributed by atoms with Crippen LogP contribution < -0.4 is 9.47 Å². The van der Waals surface area contributed by atoms with Gasteiger partial charge in [-0.05, 0) is 30.5 Å². The number of carbonyl (C=O) groups excluding carboxylic acids is 2. The first-order valence-corrected chi connectivity index (χ1v) is 11.3. The van der Waals surface area contributed by atoms with Gasteiger partial charge in [0, 0.05) is 19.0 Å². The zero-order valence-corrected chi connectivity index (χ0v) is 18.0. The number of esters is 1. The fourth-order valence-electron chi connectivity index (χ4n) is 3.43. The van der Waals surface area contributed by atoms with Crippen molar-refractivity contribution in [1.29, 1.82) is 0 Å². The number of rotatable bonds is 10. The molecule has 1 fully saturated rings. The highest BCUT2D eigenvalue weighted by Gasteiger charge is 2.30. The summed E-state index contributed by atoms with van der Waals surface area (Å²) < 4.78 is 40.1. The molecule has 0 atom stereocenters. The Bertz CT molecular complexity index is 794. The monoisotopic (exact) mass is 427 g/mol. The van der Waals surface area contributed by atoms with Gasteiger partial charge in [-0.2, -0.15) is 0 Å². The molecule has 0 N–H and O–H groups in total. The summed E-state index contributed by atoms with van der Waals surface area (Å²) in [5.41, 5.74) is 0.692. The molecule has 0 saturated heterocycles. The van der Waals surface area contributed by atoms with Gasteiger partial charge in [-0.3, -0.25) is 9.59 Å². The summed E-state index contributed by atoms with van der Waals surface area (Å²) in [4.78, 5) is 25.8. The number of ether oxygens (including phenoxy) is 3. The lowest BCUT2D eigenvalue weighted by Gasteiger charge is -2.22. The Hall–Kier alpha value is -2.29. The van der Waals surface area contributed by atoms with Crippen LogP contribution in [0.15, 0.2) is 18.2 Å². The number of sulfone groups is 1. The predicted octanol–water partition coefficient (Wildman–Crippen LogP) is 1.95. The second-order valence-corrected chi connectivity index (χ2v) is 9.47. The lowest BCUT2D eigenvalue weighted by molar-refractivity contribution is -0.147. The molecule has 0 radical (unpaired) electrons. The molecule has 9 heteroatoms. The van der Waals surface area contributed by atoms with Crippen LogP contribution in [0.25, 0.3) is 0 Å². The number of methoxy groups -OCH3 is 3. The largest absolute Gasteiger partial charge is 0.497 e. The molecule has 1 aliphatic carbocycles. The van der Waals surface area contributed by atoms with E-state index < -0.39 is 21.7 Å². The van der Waals surface area contributed by atoms with Gasteiger partial charge >= 0.3 is 5.97 Å². The molecule has 1 aromatic rings. The van der Waals surface area contributed by atoms with Crippen molar-refractivity contribution in [2.24, 2.45) is 0 Å². The van der Waals surface area contributed by atoms with E-state index in [4.69, 9.17) is 9.47 Å². The smallest absolute Gasteiger partial charge is 0.325 e. The number of carbonyl (C=O) groups is 2. The van der Waals surface area contributed by atoms with Crippen molar-refractivity contribution in [3.05, 3.63) is 23.8 Å². The standard InChI is InChI=1S/C20H29NO7S/c1-26-16-10-15(11-17(12-16)27-2)13-21(14-20(23)28-3)19(22)8-9-29(24,25)18-6-4-5-7-18/h10-12,18H,4-9,13-14H2,1-3H3. The molecule has 8 nitrogen and oxygen atoms in total. The topological polar surface area (TPSA) is 99.2 Å². The van der Waals surface area contributed by atoms with Crippen molar-refractivity contribution in [2.45, 2.75) is 43.9 Å². The molecule has 29 heavy (non-hydrogen) atoms.